The second-order valence-electron chi connectivity index (χ2n) is 8.91. The van der Waals surface area contributed by atoms with Crippen LogP contribution in [0.5, 0.6) is 0 Å². The Kier molecular flexibility index (Phi) is 11.3. The summed E-state index contributed by atoms with van der Waals surface area (Å²) in [7, 11) is 3.46. The van der Waals surface area contributed by atoms with Crippen LogP contribution in [-0.2, 0) is 27.5 Å². The average Bonchev–Trinajstić information content (AvgIpc) is 2.84. The number of nitrogens with one attached hydrogen (secondary N) is 4. The average molecular weight is 573 g/mol. The van der Waals surface area contributed by atoms with Gasteiger partial charge < -0.3 is 21.3 Å². The summed E-state index contributed by atoms with van der Waals surface area (Å²) in [5.41, 5.74) is 1.73. The highest BCUT2D eigenvalue weighted by molar-refractivity contribution is 9.10. The zero-order chi connectivity index (χ0) is 26.7. The van der Waals surface area contributed by atoms with Gasteiger partial charge in [0.05, 0.1) is 16.3 Å². The number of carbonyl (C=O) groups is 4. The van der Waals surface area contributed by atoms with Crippen molar-refractivity contribution < 1.29 is 19.2 Å². The van der Waals surface area contributed by atoms with Crippen molar-refractivity contribution in [3.63, 3.8) is 0 Å². The van der Waals surface area contributed by atoms with Crippen molar-refractivity contribution in [2.24, 2.45) is 5.92 Å². The lowest BCUT2D eigenvalue weighted by atomic mass is 10.0. The van der Waals surface area contributed by atoms with E-state index in [4.69, 9.17) is 0 Å². The molecule has 0 heterocycles. The monoisotopic (exact) mass is 571 g/mol. The van der Waals surface area contributed by atoms with E-state index >= 15 is 0 Å². The molecule has 10 heteroatoms. The highest BCUT2D eigenvalue weighted by Gasteiger charge is 2.38. The van der Waals surface area contributed by atoms with Gasteiger partial charge in [0.1, 0.15) is 5.16 Å². The van der Waals surface area contributed by atoms with Gasteiger partial charge in [-0.2, -0.15) is 0 Å². The van der Waals surface area contributed by atoms with Gasteiger partial charge in [0.2, 0.25) is 11.7 Å². The molecule has 0 fully saturated rings. The molecule has 0 aromatic heterocycles. The SMILES string of the molecule is CCC(NC(=O)[C@@]([Si])(CC(C)C)NC(=O)NCc1ccccc1)C(=O)C(=O)NCc1cccc(Br)c1. The normalized spacial score (nSPS) is 13.3. The molecule has 2 rings (SSSR count). The van der Waals surface area contributed by atoms with Crippen molar-refractivity contribution in [2.75, 3.05) is 0 Å². The van der Waals surface area contributed by atoms with Crippen molar-refractivity contribution in [3.05, 3.63) is 70.2 Å². The molecule has 2 aromatic carbocycles. The van der Waals surface area contributed by atoms with Crippen molar-refractivity contribution in [2.45, 2.75) is 57.9 Å². The molecule has 0 spiro atoms. The van der Waals surface area contributed by atoms with Crippen molar-refractivity contribution in [1.29, 1.82) is 0 Å². The lowest BCUT2D eigenvalue weighted by molar-refractivity contribution is -0.140. The first-order valence-corrected chi connectivity index (χ1v) is 13.1. The van der Waals surface area contributed by atoms with E-state index in [1.165, 1.54) is 0 Å². The Morgan fingerprint density at radius 1 is 0.944 bits per heavy atom. The molecule has 191 valence electrons. The van der Waals surface area contributed by atoms with Crippen molar-refractivity contribution >= 4 is 49.8 Å². The summed E-state index contributed by atoms with van der Waals surface area (Å²) < 4.78 is 0.859. The molecule has 0 bridgehead atoms. The number of amides is 4. The molecule has 1 unspecified atom stereocenters. The zero-order valence-corrected chi connectivity index (χ0v) is 23.3. The maximum atomic E-state index is 13.2. The van der Waals surface area contributed by atoms with Gasteiger partial charge >= 0.3 is 6.03 Å². The molecule has 8 nitrogen and oxygen atoms in total. The first kappa shape index (κ1) is 29.2. The Balaban J connectivity index is 2.01. The Hall–Kier alpha value is -2.98. The predicted molar refractivity (Wildman–Crippen MR) is 143 cm³/mol. The first-order valence-electron chi connectivity index (χ1n) is 11.8. The fraction of sp³-hybridized carbons (Fsp3) is 0.385. The quantitative estimate of drug-likeness (QED) is 0.231. The van der Waals surface area contributed by atoms with E-state index in [9.17, 15) is 19.2 Å². The number of rotatable bonds is 12. The molecule has 36 heavy (non-hydrogen) atoms. The van der Waals surface area contributed by atoms with Gasteiger partial charge in [0.25, 0.3) is 5.91 Å². The minimum atomic E-state index is -1.48. The molecule has 0 saturated heterocycles. The van der Waals surface area contributed by atoms with Crippen LogP contribution in [0.2, 0.25) is 0 Å². The Morgan fingerprint density at radius 2 is 1.58 bits per heavy atom. The standard InChI is InChI=1S/C26H32BrN4O4Si/c1-4-21(22(32)23(33)28-16-19-11-8-12-20(27)13-19)30-24(34)26(36,14-17(2)3)31-25(35)29-15-18-9-6-5-7-10-18/h5-13,17,21H,4,14-16H2,1-3H3,(H,28,33)(H,30,34)(H2,29,31,35)/t21?,26-/m0/s1. The maximum Gasteiger partial charge on any atom is 0.315 e. The van der Waals surface area contributed by atoms with E-state index in [-0.39, 0.29) is 31.8 Å². The van der Waals surface area contributed by atoms with Gasteiger partial charge in [-0.1, -0.05) is 79.2 Å². The summed E-state index contributed by atoms with van der Waals surface area (Å²) in [6.45, 7) is 5.97. The Morgan fingerprint density at radius 3 is 2.19 bits per heavy atom. The minimum Gasteiger partial charge on any atom is -0.345 e. The molecule has 3 radical (unpaired) electrons. The number of benzene rings is 2. The topological polar surface area (TPSA) is 116 Å². The van der Waals surface area contributed by atoms with Crippen LogP contribution in [0, 0.1) is 5.92 Å². The van der Waals surface area contributed by atoms with Crippen LogP contribution < -0.4 is 21.3 Å². The Labute approximate surface area is 223 Å². The lowest BCUT2D eigenvalue weighted by Crippen LogP contribution is -2.64. The predicted octanol–water partition coefficient (Wildman–Crippen LogP) is 2.94. The van der Waals surface area contributed by atoms with Crippen molar-refractivity contribution in [1.82, 2.24) is 21.3 Å². The van der Waals surface area contributed by atoms with Crippen LogP contribution >= 0.6 is 15.9 Å². The van der Waals surface area contributed by atoms with E-state index < -0.39 is 34.8 Å². The molecule has 0 aliphatic carbocycles. The maximum absolute atomic E-state index is 13.2. The fourth-order valence-electron chi connectivity index (χ4n) is 3.54. The van der Waals surface area contributed by atoms with Gasteiger partial charge in [-0.05, 0) is 42.0 Å². The highest BCUT2D eigenvalue weighted by Crippen LogP contribution is 2.15. The summed E-state index contributed by atoms with van der Waals surface area (Å²) in [5.74, 6) is -2.12. The first-order chi connectivity index (χ1) is 17.0. The van der Waals surface area contributed by atoms with Gasteiger partial charge in [0, 0.05) is 17.6 Å². The summed E-state index contributed by atoms with van der Waals surface area (Å²) >= 11 is 3.37. The van der Waals surface area contributed by atoms with Crippen LogP contribution in [0.15, 0.2) is 59.1 Å². The number of urea groups is 1. The molecule has 2 aromatic rings. The van der Waals surface area contributed by atoms with E-state index in [1.807, 2.05) is 68.4 Å². The van der Waals surface area contributed by atoms with Gasteiger partial charge in [-0.15, -0.1) is 0 Å². The van der Waals surface area contributed by atoms with Crippen LogP contribution in [0.1, 0.15) is 44.7 Å². The number of carbonyl (C=O) groups excluding carboxylic acids is 4. The van der Waals surface area contributed by atoms with Gasteiger partial charge in [-0.25, -0.2) is 4.79 Å². The van der Waals surface area contributed by atoms with E-state index in [0.717, 1.165) is 15.6 Å². The van der Waals surface area contributed by atoms with Gasteiger partial charge in [0.15, 0.2) is 0 Å². The molecule has 4 N–H and O–H groups in total. The number of Topliss-reactive ketones (excluding diaryl/α,β-unsaturated/α-hetero) is 1. The molecule has 2 atom stereocenters. The number of ketones is 1. The zero-order valence-electron chi connectivity index (χ0n) is 20.7. The molecular formula is C26H32BrN4O4Si. The number of hydrogen-bond donors (Lipinski definition) is 4. The van der Waals surface area contributed by atoms with Crippen LogP contribution in [0.3, 0.4) is 0 Å². The molecule has 0 aliphatic heterocycles. The Bertz CT molecular complexity index is 1070. The fourth-order valence-corrected chi connectivity index (χ4v) is 4.58. The number of hydrogen-bond acceptors (Lipinski definition) is 4. The van der Waals surface area contributed by atoms with Crippen LogP contribution in [-0.4, -0.2) is 45.1 Å². The van der Waals surface area contributed by atoms with E-state index in [1.54, 1.807) is 6.92 Å². The second-order valence-corrected chi connectivity index (χ2v) is 10.7. The van der Waals surface area contributed by atoms with Gasteiger partial charge in [-0.3, -0.25) is 14.4 Å². The van der Waals surface area contributed by atoms with Crippen LogP contribution in [0.25, 0.3) is 0 Å². The van der Waals surface area contributed by atoms with E-state index in [2.05, 4.69) is 47.4 Å². The van der Waals surface area contributed by atoms with Crippen molar-refractivity contribution in [3.8, 4) is 0 Å². The third-order valence-electron chi connectivity index (χ3n) is 5.32. The van der Waals surface area contributed by atoms with E-state index in [0.29, 0.717) is 0 Å². The summed E-state index contributed by atoms with van der Waals surface area (Å²) in [6, 6.07) is 15.1. The largest absolute Gasteiger partial charge is 0.345 e. The summed E-state index contributed by atoms with van der Waals surface area (Å²) in [6.07, 6.45) is 0.466. The number of halogens is 1. The minimum absolute atomic E-state index is 0.0342. The summed E-state index contributed by atoms with van der Waals surface area (Å²) in [5, 5.41) is 9.16. The van der Waals surface area contributed by atoms with Crippen LogP contribution in [0.4, 0.5) is 4.79 Å². The molecule has 0 aliphatic rings. The smallest absolute Gasteiger partial charge is 0.315 e. The molecule has 4 amide bonds. The third-order valence-corrected chi connectivity index (χ3v) is 6.37. The molecular weight excluding hydrogens is 540 g/mol. The third kappa shape index (κ3) is 9.23. The highest BCUT2D eigenvalue weighted by atomic mass is 79.9. The second kappa shape index (κ2) is 13.9. The summed E-state index contributed by atoms with van der Waals surface area (Å²) in [4.78, 5) is 51.1. The lowest BCUT2D eigenvalue weighted by Gasteiger charge is -2.32. The molecule has 0 saturated carbocycles.